The van der Waals surface area contributed by atoms with Gasteiger partial charge in [0.15, 0.2) is 17.7 Å². The fraction of sp³-hybridized carbons (Fsp3) is 0.321. The van der Waals surface area contributed by atoms with E-state index in [1.807, 2.05) is 30.3 Å². The molecule has 6 N–H and O–H groups in total. The van der Waals surface area contributed by atoms with E-state index in [2.05, 4.69) is 25.6 Å². The summed E-state index contributed by atoms with van der Waals surface area (Å²) in [5, 5.41) is 26.6. The number of methoxy groups -OCH3 is 1. The van der Waals surface area contributed by atoms with Gasteiger partial charge in [-0.25, -0.2) is 19.7 Å². The number of carbonyl (C=O) groups excluding carboxylic acids is 2. The number of alkyl carbamates (subject to hydrolysis) is 1. The number of fused-ring (bicyclic) bond motifs is 1. The molecule has 0 saturated carbocycles. The Morgan fingerprint density at radius 3 is 2.57 bits per heavy atom. The number of imidazole rings is 1. The van der Waals surface area contributed by atoms with Crippen LogP contribution in [0.1, 0.15) is 17.4 Å². The highest BCUT2D eigenvalue weighted by Gasteiger charge is 2.46. The molecular weight excluding hydrogens is 546 g/mol. The fourth-order valence-corrected chi connectivity index (χ4v) is 4.74. The van der Waals surface area contributed by atoms with Gasteiger partial charge in [0.1, 0.15) is 42.5 Å². The van der Waals surface area contributed by atoms with Gasteiger partial charge >= 0.3 is 6.09 Å². The molecule has 14 nitrogen and oxygen atoms in total. The van der Waals surface area contributed by atoms with E-state index in [0.717, 1.165) is 11.1 Å². The van der Waals surface area contributed by atoms with Crippen molar-refractivity contribution in [2.75, 3.05) is 19.5 Å². The first-order valence-corrected chi connectivity index (χ1v) is 13.2. The lowest BCUT2D eigenvalue weighted by molar-refractivity contribution is -0.124. The largest absolute Gasteiger partial charge is 0.497 e. The Kier molecular flexibility index (Phi) is 8.76. The van der Waals surface area contributed by atoms with Crippen LogP contribution in [0.2, 0.25) is 0 Å². The first-order chi connectivity index (χ1) is 20.4. The number of aliphatic hydroxyl groups is 2. The minimum Gasteiger partial charge on any atom is -0.497 e. The molecule has 1 fully saturated rings. The molecule has 5 atom stereocenters. The second kappa shape index (κ2) is 12.8. The Balaban J connectivity index is 1.32. The fourth-order valence-electron chi connectivity index (χ4n) is 4.74. The Labute approximate surface area is 240 Å². The molecule has 3 heterocycles. The number of nitrogens with zero attached hydrogens (tertiary/aromatic N) is 4. The molecule has 1 saturated heterocycles. The highest BCUT2D eigenvalue weighted by atomic mass is 16.6. The Morgan fingerprint density at radius 1 is 1.10 bits per heavy atom. The van der Waals surface area contributed by atoms with Crippen LogP contribution in [0.4, 0.5) is 10.6 Å². The molecule has 0 spiro atoms. The molecule has 0 radical (unpaired) electrons. The van der Waals surface area contributed by atoms with Gasteiger partial charge in [0.05, 0.1) is 26.1 Å². The SMILES string of the molecule is COc1ccc(CC(NC(=O)OCc2ccccc2)C(=O)NC2C(CO)OC(n3cnc4c(N)ncnc43)C2O)cc1. The van der Waals surface area contributed by atoms with E-state index in [1.54, 1.807) is 31.4 Å². The van der Waals surface area contributed by atoms with Gasteiger partial charge in [-0.15, -0.1) is 0 Å². The lowest BCUT2D eigenvalue weighted by Crippen LogP contribution is -2.55. The summed E-state index contributed by atoms with van der Waals surface area (Å²) < 4.78 is 17.9. The predicted octanol–water partition coefficient (Wildman–Crippen LogP) is 0.690. The summed E-state index contributed by atoms with van der Waals surface area (Å²) in [7, 11) is 1.55. The molecule has 5 unspecified atom stereocenters. The molecule has 2 aromatic carbocycles. The number of amides is 2. The lowest BCUT2D eigenvalue weighted by atomic mass is 10.0. The molecule has 220 valence electrons. The predicted molar refractivity (Wildman–Crippen MR) is 149 cm³/mol. The number of anilines is 1. The summed E-state index contributed by atoms with van der Waals surface area (Å²) in [6.07, 6.45) is -1.38. The summed E-state index contributed by atoms with van der Waals surface area (Å²) in [5.74, 6) is 0.176. The maximum atomic E-state index is 13.6. The molecule has 42 heavy (non-hydrogen) atoms. The van der Waals surface area contributed by atoms with Gasteiger partial charge in [-0.2, -0.15) is 0 Å². The minimum atomic E-state index is -1.31. The van der Waals surface area contributed by atoms with Gasteiger partial charge in [0, 0.05) is 6.42 Å². The van der Waals surface area contributed by atoms with Gasteiger partial charge in [-0.3, -0.25) is 9.36 Å². The van der Waals surface area contributed by atoms with Crippen molar-refractivity contribution >= 4 is 29.0 Å². The summed E-state index contributed by atoms with van der Waals surface area (Å²) in [4.78, 5) is 38.6. The van der Waals surface area contributed by atoms with E-state index in [4.69, 9.17) is 19.9 Å². The molecule has 0 bridgehead atoms. The number of aliphatic hydroxyl groups excluding tert-OH is 2. The van der Waals surface area contributed by atoms with E-state index >= 15 is 0 Å². The van der Waals surface area contributed by atoms with E-state index < -0.39 is 49.1 Å². The quantitative estimate of drug-likeness (QED) is 0.178. The van der Waals surface area contributed by atoms with Crippen molar-refractivity contribution in [3.63, 3.8) is 0 Å². The zero-order chi connectivity index (χ0) is 29.6. The molecule has 14 heteroatoms. The number of ether oxygens (including phenoxy) is 3. The smallest absolute Gasteiger partial charge is 0.408 e. The van der Waals surface area contributed by atoms with Crippen LogP contribution in [0.15, 0.2) is 67.3 Å². The van der Waals surface area contributed by atoms with Crippen molar-refractivity contribution < 1.29 is 34.0 Å². The number of benzene rings is 2. The number of nitrogens with two attached hydrogens (primary N) is 1. The molecule has 4 aromatic rings. The van der Waals surface area contributed by atoms with Gasteiger partial charge in [0.2, 0.25) is 5.91 Å². The van der Waals surface area contributed by atoms with Crippen LogP contribution >= 0.6 is 0 Å². The second-order valence-electron chi connectivity index (χ2n) is 9.67. The first kappa shape index (κ1) is 28.7. The summed E-state index contributed by atoms with van der Waals surface area (Å²) in [6, 6.07) is 14.0. The van der Waals surface area contributed by atoms with Crippen molar-refractivity contribution in [1.82, 2.24) is 30.2 Å². The van der Waals surface area contributed by atoms with Crippen LogP contribution in [0.5, 0.6) is 5.75 Å². The second-order valence-corrected chi connectivity index (χ2v) is 9.67. The van der Waals surface area contributed by atoms with Gasteiger partial charge < -0.3 is 40.8 Å². The number of nitrogen functional groups attached to an aromatic ring is 1. The average Bonchev–Trinajstić information content (AvgIpc) is 3.58. The van der Waals surface area contributed by atoms with Crippen LogP contribution in [0.3, 0.4) is 0 Å². The van der Waals surface area contributed by atoms with Crippen molar-refractivity contribution in [2.45, 2.75) is 43.5 Å². The molecule has 0 aliphatic carbocycles. The highest BCUT2D eigenvalue weighted by molar-refractivity contribution is 5.86. The first-order valence-electron chi connectivity index (χ1n) is 13.2. The van der Waals surface area contributed by atoms with Gasteiger partial charge in [-0.05, 0) is 23.3 Å². The Bertz CT molecular complexity index is 1520. The topological polar surface area (TPSA) is 196 Å². The van der Waals surface area contributed by atoms with Crippen LogP contribution in [-0.4, -0.2) is 79.7 Å². The standard InChI is InChI=1S/C28H31N7O7/c1-40-18-9-7-16(8-10-18)11-19(33-28(39)41-13-17-5-3-2-4-6-17)26(38)34-21-20(12-36)42-27(23(21)37)35-15-32-22-24(29)30-14-31-25(22)35/h2-10,14-15,19-21,23,27,36-37H,11-13H2,1H3,(H,33,39)(H,34,38)(H2,29,30,31). The third kappa shape index (κ3) is 6.25. The molecule has 2 aromatic heterocycles. The summed E-state index contributed by atoms with van der Waals surface area (Å²) >= 11 is 0. The molecular formula is C28H31N7O7. The van der Waals surface area contributed by atoms with Gasteiger partial charge in [0.25, 0.3) is 0 Å². The third-order valence-corrected chi connectivity index (χ3v) is 6.95. The zero-order valence-electron chi connectivity index (χ0n) is 22.7. The van der Waals surface area contributed by atoms with Gasteiger partial charge in [-0.1, -0.05) is 42.5 Å². The number of hydrogen-bond acceptors (Lipinski definition) is 11. The van der Waals surface area contributed by atoms with E-state index in [9.17, 15) is 19.8 Å². The molecule has 2 amide bonds. The molecule has 1 aliphatic rings. The minimum absolute atomic E-state index is 0.0138. The van der Waals surface area contributed by atoms with Crippen molar-refractivity contribution in [3.05, 3.63) is 78.4 Å². The normalized spacial score (nSPS) is 20.6. The Morgan fingerprint density at radius 2 is 1.86 bits per heavy atom. The molecule has 5 rings (SSSR count). The van der Waals surface area contributed by atoms with E-state index in [-0.39, 0.29) is 18.8 Å². The highest BCUT2D eigenvalue weighted by Crippen LogP contribution is 2.32. The maximum Gasteiger partial charge on any atom is 0.408 e. The van der Waals surface area contributed by atoms with Crippen LogP contribution in [0, 0.1) is 0 Å². The van der Waals surface area contributed by atoms with Crippen molar-refractivity contribution in [1.29, 1.82) is 0 Å². The Hall–Kier alpha value is -4.79. The zero-order valence-corrected chi connectivity index (χ0v) is 22.7. The lowest BCUT2D eigenvalue weighted by Gasteiger charge is -2.25. The van der Waals surface area contributed by atoms with Crippen LogP contribution in [0.25, 0.3) is 11.2 Å². The van der Waals surface area contributed by atoms with Crippen molar-refractivity contribution in [3.8, 4) is 5.75 Å². The van der Waals surface area contributed by atoms with E-state index in [0.29, 0.717) is 16.9 Å². The monoisotopic (exact) mass is 577 g/mol. The number of carbonyl (C=O) groups is 2. The number of hydrogen-bond donors (Lipinski definition) is 5. The summed E-state index contributed by atoms with van der Waals surface area (Å²) in [6.45, 7) is -0.488. The van der Waals surface area contributed by atoms with Crippen LogP contribution < -0.4 is 21.1 Å². The average molecular weight is 578 g/mol. The number of nitrogens with one attached hydrogen (secondary N) is 2. The van der Waals surface area contributed by atoms with Crippen LogP contribution in [-0.2, 0) is 27.3 Å². The number of aromatic nitrogens is 4. The molecule has 1 aliphatic heterocycles. The number of rotatable bonds is 10. The summed E-state index contributed by atoms with van der Waals surface area (Å²) in [5.41, 5.74) is 8.03. The van der Waals surface area contributed by atoms with Crippen molar-refractivity contribution in [2.24, 2.45) is 0 Å². The third-order valence-electron chi connectivity index (χ3n) is 6.95. The maximum absolute atomic E-state index is 13.6. The van der Waals surface area contributed by atoms with E-state index in [1.165, 1.54) is 17.2 Å².